The van der Waals surface area contributed by atoms with E-state index in [1.165, 1.54) is 0 Å². The number of pyridine rings is 1. The molecule has 7 nitrogen and oxygen atoms in total. The van der Waals surface area contributed by atoms with Crippen molar-refractivity contribution in [2.24, 2.45) is 0 Å². The van der Waals surface area contributed by atoms with Crippen LogP contribution in [0.2, 0.25) is 5.02 Å². The number of rotatable bonds is 8. The number of carbonyl (C=O) groups excluding carboxylic acids is 1. The van der Waals surface area contributed by atoms with E-state index in [2.05, 4.69) is 10.3 Å². The van der Waals surface area contributed by atoms with E-state index in [0.29, 0.717) is 34.3 Å². The molecule has 0 bridgehead atoms. The molecule has 0 spiro atoms. The summed E-state index contributed by atoms with van der Waals surface area (Å²) in [6.07, 6.45) is 0.281. The van der Waals surface area contributed by atoms with E-state index in [1.807, 2.05) is 48.3 Å². The molecule has 4 N–H and O–H groups in total. The van der Waals surface area contributed by atoms with Gasteiger partial charge in [-0.1, -0.05) is 17.7 Å². The summed E-state index contributed by atoms with van der Waals surface area (Å²) in [7, 11) is 3.47. The first-order valence-electron chi connectivity index (χ1n) is 9.72. The number of aromatic nitrogens is 1. The first-order chi connectivity index (χ1) is 14.9. The second kappa shape index (κ2) is 10.1. The van der Waals surface area contributed by atoms with Gasteiger partial charge in [0.2, 0.25) is 5.91 Å². The second-order valence-electron chi connectivity index (χ2n) is 7.00. The zero-order valence-electron chi connectivity index (χ0n) is 17.4. The van der Waals surface area contributed by atoms with Gasteiger partial charge in [0.05, 0.1) is 12.3 Å². The molecule has 8 heteroatoms. The Kier molecular flexibility index (Phi) is 7.33. The zero-order valence-corrected chi connectivity index (χ0v) is 18.2. The number of nitrogens with two attached hydrogens (primary N) is 1. The number of nitrogen functional groups attached to an aromatic ring is 1. The second-order valence-corrected chi connectivity index (χ2v) is 7.43. The van der Waals surface area contributed by atoms with Gasteiger partial charge >= 0.3 is 0 Å². The highest BCUT2D eigenvalue weighted by Gasteiger charge is 2.13. The van der Waals surface area contributed by atoms with Crippen molar-refractivity contribution in [2.75, 3.05) is 31.4 Å². The lowest BCUT2D eigenvalue weighted by Crippen LogP contribution is -2.24. The minimum Gasteiger partial charge on any atom is -0.507 e. The molecule has 0 atom stereocenters. The maximum Gasteiger partial charge on any atom is 0.222 e. The summed E-state index contributed by atoms with van der Waals surface area (Å²) in [4.78, 5) is 18.2. The maximum atomic E-state index is 11.8. The number of hydrogen-bond acceptors (Lipinski definition) is 6. The molecule has 3 aromatic rings. The average Bonchev–Trinajstić information content (AvgIpc) is 2.77. The molecule has 0 aliphatic heterocycles. The summed E-state index contributed by atoms with van der Waals surface area (Å²) >= 11 is 5.98. The predicted molar refractivity (Wildman–Crippen MR) is 124 cm³/mol. The number of ether oxygens (including phenoxy) is 1. The quantitative estimate of drug-likeness (QED) is 0.487. The Morgan fingerprint density at radius 2 is 1.87 bits per heavy atom. The maximum absolute atomic E-state index is 11.8. The van der Waals surface area contributed by atoms with Gasteiger partial charge in [-0.25, -0.2) is 4.98 Å². The number of phenols is 1. The highest BCUT2D eigenvalue weighted by Crippen LogP contribution is 2.34. The number of nitrogens with zero attached hydrogens (tertiary/aromatic N) is 2. The van der Waals surface area contributed by atoms with E-state index in [4.69, 9.17) is 22.1 Å². The Morgan fingerprint density at radius 1 is 1.16 bits per heavy atom. The Morgan fingerprint density at radius 3 is 2.55 bits per heavy atom. The SMILES string of the molecule is COCCC(=O)NCc1ccc(-c2cc(N(C)c3ccc(Cl)cc3)ccc2O)nc1N. The molecule has 1 amide bonds. The molecule has 162 valence electrons. The first-order valence-corrected chi connectivity index (χ1v) is 10.1. The minimum atomic E-state index is -0.124. The Labute approximate surface area is 186 Å². The molecule has 31 heavy (non-hydrogen) atoms. The van der Waals surface area contributed by atoms with Crippen molar-refractivity contribution in [1.82, 2.24) is 10.3 Å². The van der Waals surface area contributed by atoms with Gasteiger partial charge in [0.1, 0.15) is 11.6 Å². The van der Waals surface area contributed by atoms with Gasteiger partial charge < -0.3 is 25.8 Å². The monoisotopic (exact) mass is 440 g/mol. The van der Waals surface area contributed by atoms with Gasteiger partial charge in [-0.3, -0.25) is 4.79 Å². The first kappa shape index (κ1) is 22.4. The summed E-state index contributed by atoms with van der Waals surface area (Å²) in [5.41, 5.74) is 9.72. The van der Waals surface area contributed by atoms with Crippen LogP contribution >= 0.6 is 11.6 Å². The molecular weight excluding hydrogens is 416 g/mol. The van der Waals surface area contributed by atoms with Gasteiger partial charge in [0.25, 0.3) is 0 Å². The van der Waals surface area contributed by atoms with Gasteiger partial charge in [0, 0.05) is 54.6 Å². The molecule has 0 saturated carbocycles. The van der Waals surface area contributed by atoms with E-state index < -0.39 is 0 Å². The van der Waals surface area contributed by atoms with Gasteiger partial charge in [0.15, 0.2) is 0 Å². The normalized spacial score (nSPS) is 10.7. The summed E-state index contributed by atoms with van der Waals surface area (Å²) < 4.78 is 4.89. The van der Waals surface area contributed by atoms with Crippen molar-refractivity contribution in [2.45, 2.75) is 13.0 Å². The van der Waals surface area contributed by atoms with Crippen molar-refractivity contribution in [3.63, 3.8) is 0 Å². The van der Waals surface area contributed by atoms with Crippen LogP contribution in [0.3, 0.4) is 0 Å². The number of amides is 1. The summed E-state index contributed by atoms with van der Waals surface area (Å²) in [5.74, 6) is 0.266. The van der Waals surface area contributed by atoms with Crippen molar-refractivity contribution < 1.29 is 14.6 Å². The number of nitrogens with one attached hydrogen (secondary N) is 1. The molecule has 0 radical (unpaired) electrons. The van der Waals surface area contributed by atoms with E-state index >= 15 is 0 Å². The standard InChI is InChI=1S/C23H25ClN4O3/c1-28(17-6-4-16(24)5-7-17)18-8-10-21(29)19(13-18)20-9-3-15(23(25)27-20)14-26-22(30)11-12-31-2/h3-10,13,29H,11-12,14H2,1-2H3,(H2,25,27)(H,26,30). The van der Waals surface area contributed by atoms with Crippen LogP contribution in [0.1, 0.15) is 12.0 Å². The van der Waals surface area contributed by atoms with E-state index in [0.717, 1.165) is 11.4 Å². The van der Waals surface area contributed by atoms with E-state index in [9.17, 15) is 9.90 Å². The van der Waals surface area contributed by atoms with Gasteiger partial charge in [-0.15, -0.1) is 0 Å². The molecule has 2 aromatic carbocycles. The van der Waals surface area contributed by atoms with Crippen molar-refractivity contribution >= 4 is 34.7 Å². The predicted octanol–water partition coefficient (Wildman–Crippen LogP) is 4.11. The van der Waals surface area contributed by atoms with Crippen LogP contribution in [0.15, 0.2) is 54.6 Å². The number of carbonyl (C=O) groups is 1. The molecular formula is C23H25ClN4O3. The largest absolute Gasteiger partial charge is 0.507 e. The molecule has 1 aromatic heterocycles. The van der Waals surface area contributed by atoms with Crippen molar-refractivity contribution in [1.29, 1.82) is 0 Å². The van der Waals surface area contributed by atoms with Crippen LogP contribution < -0.4 is 16.0 Å². The van der Waals surface area contributed by atoms with Gasteiger partial charge in [-0.2, -0.15) is 0 Å². The van der Waals surface area contributed by atoms with Crippen LogP contribution in [0.5, 0.6) is 5.75 Å². The molecule has 3 rings (SSSR count). The Bertz CT molecular complexity index is 1060. The Hall–Kier alpha value is -3.29. The van der Waals surface area contributed by atoms with E-state index in [-0.39, 0.29) is 24.6 Å². The fourth-order valence-corrected chi connectivity index (χ4v) is 3.16. The zero-order chi connectivity index (χ0) is 22.4. The topological polar surface area (TPSA) is 101 Å². The van der Waals surface area contributed by atoms with E-state index in [1.54, 1.807) is 25.3 Å². The number of benzene rings is 2. The summed E-state index contributed by atoms with van der Waals surface area (Å²) in [6, 6.07) is 16.3. The number of methoxy groups -OCH3 is 1. The Balaban J connectivity index is 1.80. The molecule has 1 heterocycles. The number of phenolic OH excluding ortho intramolecular Hbond substituents is 1. The fraction of sp³-hybridized carbons (Fsp3) is 0.217. The van der Waals surface area contributed by atoms with Crippen LogP contribution in [0, 0.1) is 0 Å². The highest BCUT2D eigenvalue weighted by molar-refractivity contribution is 6.30. The fourth-order valence-electron chi connectivity index (χ4n) is 3.03. The minimum absolute atomic E-state index is 0.0979. The number of hydrogen-bond donors (Lipinski definition) is 3. The summed E-state index contributed by atoms with van der Waals surface area (Å²) in [5, 5.41) is 13.9. The van der Waals surface area contributed by atoms with Crippen LogP contribution in [0.4, 0.5) is 17.2 Å². The lowest BCUT2D eigenvalue weighted by atomic mass is 10.1. The molecule has 0 unspecified atom stereocenters. The smallest absolute Gasteiger partial charge is 0.222 e. The average molecular weight is 441 g/mol. The number of anilines is 3. The van der Waals surface area contributed by atoms with Crippen molar-refractivity contribution in [3.05, 3.63) is 65.2 Å². The number of halogens is 1. The number of aromatic hydroxyl groups is 1. The van der Waals surface area contributed by atoms with Crippen LogP contribution in [0.25, 0.3) is 11.3 Å². The third kappa shape index (κ3) is 5.65. The molecule has 0 aliphatic rings. The van der Waals surface area contributed by atoms with Gasteiger partial charge in [-0.05, 0) is 48.5 Å². The molecule has 0 fully saturated rings. The van der Waals surface area contributed by atoms with Crippen molar-refractivity contribution in [3.8, 4) is 17.0 Å². The summed E-state index contributed by atoms with van der Waals surface area (Å²) in [6.45, 7) is 0.631. The molecule has 0 aliphatic carbocycles. The van der Waals surface area contributed by atoms with Crippen LogP contribution in [-0.4, -0.2) is 36.8 Å². The lowest BCUT2D eigenvalue weighted by molar-refractivity contribution is -0.122. The lowest BCUT2D eigenvalue weighted by Gasteiger charge is -2.21. The third-order valence-corrected chi connectivity index (χ3v) is 5.13. The highest BCUT2D eigenvalue weighted by atomic mass is 35.5. The molecule has 0 saturated heterocycles. The third-order valence-electron chi connectivity index (χ3n) is 4.88. The van der Waals surface area contributed by atoms with Crippen LogP contribution in [-0.2, 0) is 16.1 Å².